The Kier molecular flexibility index (Phi) is 6.50. The Balaban J connectivity index is 1.36. The van der Waals surface area contributed by atoms with Gasteiger partial charge >= 0.3 is 6.01 Å². The molecule has 2 N–H and O–H groups in total. The van der Waals surface area contributed by atoms with E-state index in [1.165, 1.54) is 12.1 Å². The molecule has 3 aromatic rings. The van der Waals surface area contributed by atoms with E-state index in [2.05, 4.69) is 22.1 Å². The zero-order valence-electron chi connectivity index (χ0n) is 22.5. The van der Waals surface area contributed by atoms with Crippen LogP contribution in [0.2, 0.25) is 10.0 Å². The van der Waals surface area contributed by atoms with Gasteiger partial charge in [-0.15, -0.1) is 0 Å². The van der Waals surface area contributed by atoms with Crippen LogP contribution in [-0.2, 0) is 0 Å². The molecule has 0 amide bonds. The van der Waals surface area contributed by atoms with Crippen LogP contribution in [0.5, 0.6) is 11.8 Å². The van der Waals surface area contributed by atoms with Crippen molar-refractivity contribution in [3.05, 3.63) is 39.9 Å². The summed E-state index contributed by atoms with van der Waals surface area (Å²) in [6, 6.07) is 3.74. The van der Waals surface area contributed by atoms with Crippen molar-refractivity contribution in [2.45, 2.75) is 62.3 Å². The molecule has 2 aromatic carbocycles. The SMILES string of the molecule is C[C@@]12CC[C@H](CN(c3nc(OC[C@@]45CCCN4C[C@H](F)C5)nc4c(F)c(-c5cc(O)cc(Cl)c5Cl)c(F)cc34)C1)N2. The summed E-state index contributed by atoms with van der Waals surface area (Å²) in [5.41, 5.74) is -1.29. The summed E-state index contributed by atoms with van der Waals surface area (Å²) < 4.78 is 52.6. The first kappa shape index (κ1) is 27.3. The summed E-state index contributed by atoms with van der Waals surface area (Å²) in [7, 11) is 0. The molecule has 1 aromatic heterocycles. The molecule has 0 saturated carbocycles. The molecule has 0 spiro atoms. The Morgan fingerprint density at radius 3 is 2.80 bits per heavy atom. The van der Waals surface area contributed by atoms with Crippen molar-refractivity contribution in [3.8, 4) is 22.9 Å². The van der Waals surface area contributed by atoms with E-state index in [1.54, 1.807) is 0 Å². The van der Waals surface area contributed by atoms with Gasteiger partial charge in [0, 0.05) is 54.7 Å². The summed E-state index contributed by atoms with van der Waals surface area (Å²) in [6.45, 7) is 4.69. The highest BCUT2D eigenvalue weighted by Gasteiger charge is 2.49. The van der Waals surface area contributed by atoms with Gasteiger partial charge in [-0.1, -0.05) is 23.2 Å². The van der Waals surface area contributed by atoms with Crippen molar-refractivity contribution in [3.63, 3.8) is 0 Å². The molecular weight excluding hydrogens is 578 g/mol. The highest BCUT2D eigenvalue weighted by atomic mass is 35.5. The minimum absolute atomic E-state index is 0.0411. The highest BCUT2D eigenvalue weighted by molar-refractivity contribution is 6.43. The van der Waals surface area contributed by atoms with E-state index in [1.807, 2.05) is 4.90 Å². The number of halogens is 5. The molecule has 12 heteroatoms. The molecule has 7 nitrogen and oxygen atoms in total. The van der Waals surface area contributed by atoms with Gasteiger partial charge in [-0.25, -0.2) is 13.2 Å². The van der Waals surface area contributed by atoms with Crippen LogP contribution in [0.4, 0.5) is 19.0 Å². The average molecular weight is 608 g/mol. The fourth-order valence-corrected chi connectivity index (χ4v) is 7.84. The van der Waals surface area contributed by atoms with Crippen LogP contribution in [0, 0.1) is 11.6 Å². The maximum absolute atomic E-state index is 16.4. The number of piperazine rings is 1. The van der Waals surface area contributed by atoms with Crippen molar-refractivity contribution in [1.82, 2.24) is 20.2 Å². The number of fused-ring (bicyclic) bond motifs is 4. The van der Waals surface area contributed by atoms with E-state index in [0.29, 0.717) is 31.9 Å². The van der Waals surface area contributed by atoms with E-state index in [4.69, 9.17) is 32.9 Å². The molecule has 4 atom stereocenters. The van der Waals surface area contributed by atoms with Gasteiger partial charge < -0.3 is 20.1 Å². The van der Waals surface area contributed by atoms with Crippen LogP contribution >= 0.6 is 23.2 Å². The minimum Gasteiger partial charge on any atom is -0.508 e. The van der Waals surface area contributed by atoms with Gasteiger partial charge in [0.1, 0.15) is 35.7 Å². The number of benzene rings is 2. The van der Waals surface area contributed by atoms with Gasteiger partial charge in [0.05, 0.1) is 21.1 Å². The molecule has 2 bridgehead atoms. The van der Waals surface area contributed by atoms with Gasteiger partial charge in [-0.05, 0) is 51.3 Å². The number of aromatic hydroxyl groups is 1. The minimum atomic E-state index is -0.966. The standard InChI is InChI=1S/C29H30Cl2F3N5O2/c1-28-5-3-16(37-28)12-38(13-28)26-19-9-21(33)22(18-7-17(40)8-20(30)23(18)31)24(34)25(19)35-27(36-26)41-14-29-4-2-6-39(29)11-15(32)10-29/h7-9,15-16,37,40H,2-6,10-14H2,1H3/t15-,16-,28-,29+/m1/s1. The highest BCUT2D eigenvalue weighted by Crippen LogP contribution is 2.44. The van der Waals surface area contributed by atoms with Gasteiger partial charge in [0.2, 0.25) is 0 Å². The van der Waals surface area contributed by atoms with Crippen molar-refractivity contribution in [2.75, 3.05) is 37.7 Å². The van der Waals surface area contributed by atoms with E-state index >= 15 is 8.78 Å². The number of anilines is 1. The number of aromatic nitrogens is 2. The second-order valence-corrected chi connectivity index (χ2v) is 13.0. The quantitative estimate of drug-likeness (QED) is 0.375. The maximum Gasteiger partial charge on any atom is 0.319 e. The van der Waals surface area contributed by atoms with Crippen molar-refractivity contribution >= 4 is 39.9 Å². The van der Waals surface area contributed by atoms with Crippen LogP contribution in [-0.4, -0.2) is 76.1 Å². The van der Waals surface area contributed by atoms with Gasteiger partial charge in [-0.2, -0.15) is 9.97 Å². The zero-order chi connectivity index (χ0) is 28.7. The lowest BCUT2D eigenvalue weighted by molar-refractivity contribution is 0.107. The number of alkyl halides is 1. The summed E-state index contributed by atoms with van der Waals surface area (Å²) in [5.74, 6) is -1.76. The summed E-state index contributed by atoms with van der Waals surface area (Å²) >= 11 is 12.5. The zero-order valence-corrected chi connectivity index (χ0v) is 24.0. The lowest BCUT2D eigenvalue weighted by atomic mass is 9.95. The Bertz CT molecular complexity index is 1560. The first-order valence-corrected chi connectivity index (χ1v) is 14.7. The van der Waals surface area contributed by atoms with Gasteiger partial charge in [-0.3, -0.25) is 4.90 Å². The Hall–Kier alpha value is -2.53. The molecule has 5 heterocycles. The van der Waals surface area contributed by atoms with E-state index in [-0.39, 0.29) is 56.5 Å². The normalized spacial score (nSPS) is 29.5. The first-order valence-electron chi connectivity index (χ1n) is 14.0. The number of hydrogen-bond acceptors (Lipinski definition) is 7. The molecule has 4 aliphatic rings. The topological polar surface area (TPSA) is 73.8 Å². The molecule has 218 valence electrons. The molecule has 0 aliphatic carbocycles. The molecular formula is C29H30Cl2F3N5O2. The third kappa shape index (κ3) is 4.58. The largest absolute Gasteiger partial charge is 0.508 e. The van der Waals surface area contributed by atoms with Crippen LogP contribution in [0.25, 0.3) is 22.0 Å². The monoisotopic (exact) mass is 607 g/mol. The van der Waals surface area contributed by atoms with Crippen molar-refractivity contribution in [2.24, 2.45) is 0 Å². The number of phenols is 1. The number of rotatable bonds is 5. The fraction of sp³-hybridized carbons (Fsp3) is 0.517. The lowest BCUT2D eigenvalue weighted by Crippen LogP contribution is -2.58. The molecule has 4 saturated heterocycles. The Labute approximate surface area is 245 Å². The number of hydrogen-bond donors (Lipinski definition) is 2. The van der Waals surface area contributed by atoms with Gasteiger partial charge in [0.15, 0.2) is 5.82 Å². The third-order valence-electron chi connectivity index (χ3n) is 9.23. The van der Waals surface area contributed by atoms with Crippen molar-refractivity contribution < 1.29 is 23.0 Å². The van der Waals surface area contributed by atoms with E-state index in [9.17, 15) is 9.50 Å². The molecule has 41 heavy (non-hydrogen) atoms. The first-order chi connectivity index (χ1) is 19.5. The molecule has 0 unspecified atom stereocenters. The fourth-order valence-electron chi connectivity index (χ4n) is 7.42. The van der Waals surface area contributed by atoms with E-state index < -0.39 is 28.9 Å². The number of ether oxygens (including phenoxy) is 1. The molecule has 4 aliphatic heterocycles. The summed E-state index contributed by atoms with van der Waals surface area (Å²) in [4.78, 5) is 13.3. The average Bonchev–Trinajstić information content (AvgIpc) is 3.53. The molecule has 4 fully saturated rings. The van der Waals surface area contributed by atoms with Crippen molar-refractivity contribution in [1.29, 1.82) is 0 Å². The van der Waals surface area contributed by atoms with Gasteiger partial charge in [0.25, 0.3) is 0 Å². The third-order valence-corrected chi connectivity index (χ3v) is 10.0. The summed E-state index contributed by atoms with van der Waals surface area (Å²) in [6.07, 6.45) is 3.16. The maximum atomic E-state index is 16.4. The van der Waals surface area contributed by atoms with Crippen LogP contribution in [0.15, 0.2) is 18.2 Å². The second kappa shape index (κ2) is 9.76. The Morgan fingerprint density at radius 1 is 1.17 bits per heavy atom. The molecule has 0 radical (unpaired) electrons. The Morgan fingerprint density at radius 2 is 2.00 bits per heavy atom. The predicted molar refractivity (Wildman–Crippen MR) is 152 cm³/mol. The van der Waals surface area contributed by atoms with Crippen LogP contribution < -0.4 is 15.0 Å². The van der Waals surface area contributed by atoms with Crippen LogP contribution in [0.1, 0.15) is 39.0 Å². The summed E-state index contributed by atoms with van der Waals surface area (Å²) in [5, 5.41) is 13.8. The number of nitrogens with zero attached hydrogens (tertiary/aromatic N) is 4. The number of phenolic OH excluding ortho intramolecular Hbond substituents is 1. The lowest BCUT2D eigenvalue weighted by Gasteiger charge is -2.40. The predicted octanol–water partition coefficient (Wildman–Crippen LogP) is 5.87. The number of nitrogens with one attached hydrogen (secondary N) is 1. The van der Waals surface area contributed by atoms with Crippen LogP contribution in [0.3, 0.4) is 0 Å². The second-order valence-electron chi connectivity index (χ2n) is 12.2. The molecule has 7 rings (SSSR count). The van der Waals surface area contributed by atoms with E-state index in [0.717, 1.165) is 38.3 Å². The smallest absolute Gasteiger partial charge is 0.319 e.